The molecule has 4 nitrogen and oxygen atoms in total. The van der Waals surface area contributed by atoms with E-state index in [1.54, 1.807) is 39.9 Å². The molecule has 0 spiro atoms. The number of hydrogen-bond acceptors (Lipinski definition) is 6. The van der Waals surface area contributed by atoms with Gasteiger partial charge in [-0.15, -0.1) is 46.8 Å². The summed E-state index contributed by atoms with van der Waals surface area (Å²) in [5, 5.41) is 1.99. The summed E-state index contributed by atoms with van der Waals surface area (Å²) in [5.74, 6) is 0.856. The van der Waals surface area contributed by atoms with E-state index in [4.69, 9.17) is 16.5 Å². The van der Waals surface area contributed by atoms with E-state index in [1.807, 2.05) is 29.8 Å². The Morgan fingerprint density at radius 1 is 1.27 bits per heavy atom. The second-order valence-electron chi connectivity index (χ2n) is 5.80. The highest BCUT2D eigenvalue weighted by Crippen LogP contribution is 2.43. The van der Waals surface area contributed by atoms with Gasteiger partial charge in [0, 0.05) is 10.9 Å². The van der Waals surface area contributed by atoms with Crippen molar-refractivity contribution >= 4 is 64.1 Å². The molecule has 0 radical (unpaired) electrons. The third-order valence-electron chi connectivity index (χ3n) is 3.82. The number of aliphatic imine (C=N–C) groups is 1. The van der Waals surface area contributed by atoms with Crippen LogP contribution in [0.5, 0.6) is 0 Å². The van der Waals surface area contributed by atoms with Gasteiger partial charge >= 0.3 is 0 Å². The summed E-state index contributed by atoms with van der Waals surface area (Å²) >= 11 is 4.73. The van der Waals surface area contributed by atoms with E-state index in [0.717, 1.165) is 31.7 Å². The number of para-hydroxylation sites is 1. The van der Waals surface area contributed by atoms with Gasteiger partial charge in [-0.2, -0.15) is 0 Å². The summed E-state index contributed by atoms with van der Waals surface area (Å²) in [6.07, 6.45) is 2.01. The quantitative estimate of drug-likeness (QED) is 0.310. The topological polar surface area (TPSA) is 77.3 Å². The van der Waals surface area contributed by atoms with Crippen molar-refractivity contribution in [2.45, 2.75) is 24.0 Å². The molecular formula is C18H21ClN4S3. The fourth-order valence-electron chi connectivity index (χ4n) is 2.60. The van der Waals surface area contributed by atoms with Crippen molar-refractivity contribution in [1.29, 1.82) is 0 Å². The highest BCUT2D eigenvalue weighted by molar-refractivity contribution is 8.00. The van der Waals surface area contributed by atoms with Crippen molar-refractivity contribution in [1.82, 2.24) is 4.98 Å². The Morgan fingerprint density at radius 2 is 2.00 bits per heavy atom. The highest BCUT2D eigenvalue weighted by atomic mass is 35.5. The molecular weight excluding hydrogens is 404 g/mol. The maximum absolute atomic E-state index is 6.41. The van der Waals surface area contributed by atoms with Crippen LogP contribution in [0.3, 0.4) is 0 Å². The van der Waals surface area contributed by atoms with Gasteiger partial charge in [-0.05, 0) is 23.8 Å². The zero-order valence-corrected chi connectivity index (χ0v) is 18.0. The number of rotatable bonds is 5. The predicted octanol–water partition coefficient (Wildman–Crippen LogP) is 5.76. The number of hydrogen-bond donors (Lipinski definition) is 2. The van der Waals surface area contributed by atoms with Crippen LogP contribution in [0, 0.1) is 0 Å². The zero-order chi connectivity index (χ0) is 18.0. The summed E-state index contributed by atoms with van der Waals surface area (Å²) < 4.78 is 1.04. The lowest BCUT2D eigenvalue weighted by Gasteiger charge is -2.10. The summed E-state index contributed by atoms with van der Waals surface area (Å²) in [6, 6.07) is 8.10. The molecule has 2 heterocycles. The largest absolute Gasteiger partial charge is 0.397 e. The SMILES string of the molecule is CSc1sc(C(N)=Nc2ccccc2C(C)C)c(-c2cscn2)c1N.Cl. The van der Waals surface area contributed by atoms with Gasteiger partial charge in [-0.3, -0.25) is 0 Å². The highest BCUT2D eigenvalue weighted by Gasteiger charge is 2.21. The van der Waals surface area contributed by atoms with Gasteiger partial charge in [-0.25, -0.2) is 9.98 Å². The molecule has 0 saturated heterocycles. The van der Waals surface area contributed by atoms with E-state index < -0.39 is 0 Å². The van der Waals surface area contributed by atoms with Crippen molar-refractivity contribution in [2.75, 3.05) is 12.0 Å². The lowest BCUT2D eigenvalue weighted by atomic mass is 10.0. The number of thiazole rings is 1. The van der Waals surface area contributed by atoms with Crippen LogP contribution in [0.25, 0.3) is 11.3 Å². The van der Waals surface area contributed by atoms with Crippen LogP contribution in [0.1, 0.15) is 30.2 Å². The van der Waals surface area contributed by atoms with Crippen LogP contribution < -0.4 is 11.5 Å². The number of halogens is 1. The number of nitrogen functional groups attached to an aromatic ring is 1. The Morgan fingerprint density at radius 3 is 2.62 bits per heavy atom. The fourth-order valence-corrected chi connectivity index (χ4v) is 4.92. The molecule has 0 bridgehead atoms. The monoisotopic (exact) mass is 424 g/mol. The minimum atomic E-state index is 0. The van der Waals surface area contributed by atoms with E-state index in [2.05, 4.69) is 24.9 Å². The van der Waals surface area contributed by atoms with Crippen molar-refractivity contribution in [2.24, 2.45) is 10.7 Å². The molecule has 2 aromatic heterocycles. The van der Waals surface area contributed by atoms with Crippen LogP contribution in [-0.2, 0) is 0 Å². The number of nitrogens with two attached hydrogens (primary N) is 2. The molecule has 1 aromatic carbocycles. The van der Waals surface area contributed by atoms with Gasteiger partial charge in [0.2, 0.25) is 0 Å². The van der Waals surface area contributed by atoms with Crippen LogP contribution in [0.2, 0.25) is 0 Å². The van der Waals surface area contributed by atoms with E-state index in [-0.39, 0.29) is 12.4 Å². The smallest absolute Gasteiger partial charge is 0.142 e. The van der Waals surface area contributed by atoms with Crippen LogP contribution in [-0.4, -0.2) is 17.1 Å². The Bertz CT molecular complexity index is 901. The molecule has 0 aliphatic heterocycles. The van der Waals surface area contributed by atoms with E-state index in [1.165, 1.54) is 5.56 Å². The minimum Gasteiger partial charge on any atom is -0.397 e. The molecule has 26 heavy (non-hydrogen) atoms. The van der Waals surface area contributed by atoms with Gasteiger partial charge in [-0.1, -0.05) is 32.0 Å². The third kappa shape index (κ3) is 4.06. The number of amidine groups is 1. The van der Waals surface area contributed by atoms with E-state index in [0.29, 0.717) is 11.8 Å². The molecule has 0 aliphatic rings. The first-order chi connectivity index (χ1) is 12.0. The van der Waals surface area contributed by atoms with Gasteiger partial charge < -0.3 is 11.5 Å². The van der Waals surface area contributed by atoms with Crippen molar-refractivity contribution in [3.05, 3.63) is 45.6 Å². The fraction of sp³-hybridized carbons (Fsp3) is 0.222. The van der Waals surface area contributed by atoms with Gasteiger partial charge in [0.15, 0.2) is 0 Å². The molecule has 138 valence electrons. The first-order valence-electron chi connectivity index (χ1n) is 7.81. The van der Waals surface area contributed by atoms with Crippen LogP contribution >= 0.6 is 46.8 Å². The standard InChI is InChI=1S/C18H20N4S3.ClH/c1-10(2)11-6-4-5-7-12(11)22-17(20)16-14(13-8-24-9-21-13)15(19)18(23-3)25-16;/h4-10H,19H2,1-3H3,(H2,20,22);1H. The molecule has 4 N–H and O–H groups in total. The summed E-state index contributed by atoms with van der Waals surface area (Å²) in [5.41, 5.74) is 19.1. The van der Waals surface area contributed by atoms with Crippen LogP contribution in [0.15, 0.2) is 44.4 Å². The predicted molar refractivity (Wildman–Crippen MR) is 120 cm³/mol. The molecule has 0 aliphatic carbocycles. The molecule has 0 unspecified atom stereocenters. The summed E-state index contributed by atoms with van der Waals surface area (Å²) in [4.78, 5) is 10.0. The minimum absolute atomic E-state index is 0. The normalized spacial score (nSPS) is 11.6. The van der Waals surface area contributed by atoms with Gasteiger partial charge in [0.1, 0.15) is 5.84 Å². The molecule has 0 atom stereocenters. The summed E-state index contributed by atoms with van der Waals surface area (Å²) in [7, 11) is 0. The number of nitrogens with zero attached hydrogens (tertiary/aromatic N) is 2. The van der Waals surface area contributed by atoms with Crippen molar-refractivity contribution < 1.29 is 0 Å². The average molecular weight is 425 g/mol. The number of thiophene rings is 1. The van der Waals surface area contributed by atoms with E-state index in [9.17, 15) is 0 Å². The van der Waals surface area contributed by atoms with Crippen molar-refractivity contribution in [3.63, 3.8) is 0 Å². The Balaban J connectivity index is 0.00000243. The van der Waals surface area contributed by atoms with Gasteiger partial charge in [0.25, 0.3) is 0 Å². The maximum Gasteiger partial charge on any atom is 0.142 e. The Kier molecular flexibility index (Phi) is 7.11. The third-order valence-corrected chi connectivity index (χ3v) is 6.77. The van der Waals surface area contributed by atoms with Gasteiger partial charge in [0.05, 0.1) is 31.7 Å². The molecule has 3 aromatic rings. The molecule has 3 rings (SSSR count). The first kappa shape index (κ1) is 20.8. The van der Waals surface area contributed by atoms with Crippen molar-refractivity contribution in [3.8, 4) is 11.3 Å². The molecule has 0 amide bonds. The molecule has 8 heteroatoms. The van der Waals surface area contributed by atoms with Crippen LogP contribution in [0.4, 0.5) is 11.4 Å². The summed E-state index contributed by atoms with van der Waals surface area (Å²) in [6.45, 7) is 4.31. The number of anilines is 1. The number of aromatic nitrogens is 1. The Hall–Kier alpha value is -1.54. The number of benzene rings is 1. The van der Waals surface area contributed by atoms with E-state index >= 15 is 0 Å². The second kappa shape index (κ2) is 8.90. The molecule has 0 saturated carbocycles. The zero-order valence-electron chi connectivity index (χ0n) is 14.7. The lowest BCUT2D eigenvalue weighted by molar-refractivity contribution is 0.867. The number of thioether (sulfide) groups is 1. The Labute approximate surface area is 172 Å². The molecule has 0 fully saturated rings. The maximum atomic E-state index is 6.41. The first-order valence-corrected chi connectivity index (χ1v) is 10.8. The second-order valence-corrected chi connectivity index (χ2v) is 8.61. The lowest BCUT2D eigenvalue weighted by Crippen LogP contribution is -2.12. The average Bonchev–Trinajstić information content (AvgIpc) is 3.22.